The van der Waals surface area contributed by atoms with Crippen molar-refractivity contribution < 1.29 is 14.4 Å². The number of pyridine rings is 1. The summed E-state index contributed by atoms with van der Waals surface area (Å²) in [6, 6.07) is 11.3. The number of anilines is 1. The number of likely N-dealkylation sites (tertiary alicyclic amines) is 1. The minimum atomic E-state index is -0.273. The van der Waals surface area contributed by atoms with E-state index in [1.54, 1.807) is 6.07 Å². The van der Waals surface area contributed by atoms with Crippen LogP contribution in [0, 0.1) is 12.8 Å². The Bertz CT molecular complexity index is 1020. The van der Waals surface area contributed by atoms with Crippen molar-refractivity contribution in [3.05, 3.63) is 58.8 Å². The van der Waals surface area contributed by atoms with Gasteiger partial charge in [0, 0.05) is 30.9 Å². The Labute approximate surface area is 200 Å². The predicted octanol–water partition coefficient (Wildman–Crippen LogP) is 1.02. The van der Waals surface area contributed by atoms with Crippen LogP contribution in [-0.2, 0) is 22.6 Å². The average molecular weight is 467 g/mol. The van der Waals surface area contributed by atoms with Gasteiger partial charge in [-0.3, -0.25) is 14.4 Å². The first-order valence-corrected chi connectivity index (χ1v) is 11.7. The molecule has 5 N–H and O–H groups in total. The first-order chi connectivity index (χ1) is 16.3. The number of aromatic nitrogens is 1. The van der Waals surface area contributed by atoms with Gasteiger partial charge in [-0.2, -0.15) is 0 Å². The van der Waals surface area contributed by atoms with Crippen LogP contribution in [0.1, 0.15) is 40.5 Å². The van der Waals surface area contributed by atoms with E-state index in [1.807, 2.05) is 42.2 Å². The van der Waals surface area contributed by atoms with Gasteiger partial charge >= 0.3 is 0 Å². The van der Waals surface area contributed by atoms with Crippen molar-refractivity contribution in [1.29, 1.82) is 0 Å². The minimum Gasteiger partial charge on any atom is -0.384 e. The van der Waals surface area contributed by atoms with Crippen LogP contribution >= 0.6 is 0 Å². The van der Waals surface area contributed by atoms with Crippen molar-refractivity contribution >= 4 is 23.5 Å². The molecule has 1 aliphatic heterocycles. The van der Waals surface area contributed by atoms with Gasteiger partial charge in [0.1, 0.15) is 5.82 Å². The third kappa shape index (κ3) is 7.55. The SMILES string of the molecule is Cc1nc(N)ccc1CNC(=O)CNC(=O)CNCC(C)Cc1cccc(C(=O)N2CCC2)c1. The zero-order valence-electron chi connectivity index (χ0n) is 19.9. The number of carbonyl (C=O) groups is 3. The van der Waals surface area contributed by atoms with Crippen molar-refractivity contribution in [3.63, 3.8) is 0 Å². The normalized spacial score (nSPS) is 13.6. The molecule has 0 bridgehead atoms. The molecule has 34 heavy (non-hydrogen) atoms. The second kappa shape index (κ2) is 12.1. The summed E-state index contributed by atoms with van der Waals surface area (Å²) in [6.07, 6.45) is 1.88. The summed E-state index contributed by atoms with van der Waals surface area (Å²) in [5.41, 5.74) is 9.10. The highest BCUT2D eigenvalue weighted by atomic mass is 16.2. The molecule has 0 aliphatic carbocycles. The zero-order chi connectivity index (χ0) is 24.5. The molecule has 9 nitrogen and oxygen atoms in total. The Hall–Kier alpha value is -3.46. The maximum Gasteiger partial charge on any atom is 0.253 e. The smallest absolute Gasteiger partial charge is 0.253 e. The van der Waals surface area contributed by atoms with Crippen LogP contribution in [0.3, 0.4) is 0 Å². The second-order valence-corrected chi connectivity index (χ2v) is 8.82. The fourth-order valence-corrected chi connectivity index (χ4v) is 3.73. The van der Waals surface area contributed by atoms with Crippen LogP contribution in [0.5, 0.6) is 0 Å². The molecule has 0 saturated carbocycles. The fraction of sp³-hybridized carbons (Fsp3) is 0.440. The molecule has 9 heteroatoms. The molecule has 3 rings (SSSR count). The highest BCUT2D eigenvalue weighted by Gasteiger charge is 2.21. The second-order valence-electron chi connectivity index (χ2n) is 8.82. The van der Waals surface area contributed by atoms with Crippen LogP contribution in [0.25, 0.3) is 0 Å². The first-order valence-electron chi connectivity index (χ1n) is 11.7. The van der Waals surface area contributed by atoms with Crippen LogP contribution in [-0.4, -0.2) is 60.3 Å². The fourth-order valence-electron chi connectivity index (χ4n) is 3.73. The monoisotopic (exact) mass is 466 g/mol. The maximum atomic E-state index is 12.4. The summed E-state index contributed by atoms with van der Waals surface area (Å²) >= 11 is 0. The van der Waals surface area contributed by atoms with Gasteiger partial charge in [0.2, 0.25) is 11.8 Å². The number of hydrogen-bond acceptors (Lipinski definition) is 6. The molecule has 1 aliphatic rings. The molecule has 1 aromatic carbocycles. The molecule has 1 saturated heterocycles. The van der Waals surface area contributed by atoms with Crippen LogP contribution < -0.4 is 21.7 Å². The number of nitrogens with zero attached hydrogens (tertiary/aromatic N) is 2. The van der Waals surface area contributed by atoms with Crippen molar-refractivity contribution in [2.45, 2.75) is 33.2 Å². The number of aryl methyl sites for hydroxylation is 1. The summed E-state index contributed by atoms with van der Waals surface area (Å²) in [4.78, 5) is 42.5. The molecule has 3 amide bonds. The molecule has 0 spiro atoms. The first kappa shape index (κ1) is 25.2. The van der Waals surface area contributed by atoms with Gasteiger partial charge in [-0.25, -0.2) is 4.98 Å². The molecule has 2 heterocycles. The van der Waals surface area contributed by atoms with E-state index in [2.05, 4.69) is 27.9 Å². The zero-order valence-corrected chi connectivity index (χ0v) is 19.9. The number of hydrogen-bond donors (Lipinski definition) is 4. The Balaban J connectivity index is 1.31. The van der Waals surface area contributed by atoms with Gasteiger partial charge < -0.3 is 26.6 Å². The third-order valence-corrected chi connectivity index (χ3v) is 5.82. The van der Waals surface area contributed by atoms with Gasteiger partial charge in [0.15, 0.2) is 0 Å². The molecule has 0 radical (unpaired) electrons. The van der Waals surface area contributed by atoms with Gasteiger partial charge in [0.05, 0.1) is 13.1 Å². The standard InChI is InChI=1S/C25H34N6O3/c1-17(11-19-5-3-6-20(12-19)25(34)31-9-4-10-31)13-27-15-23(32)29-16-24(33)28-14-21-7-8-22(26)30-18(21)2/h3,5-8,12,17,27H,4,9-11,13-16H2,1-2H3,(H2,26,30)(H,28,33)(H,29,32). The van der Waals surface area contributed by atoms with E-state index in [-0.39, 0.29) is 36.7 Å². The Kier molecular flexibility index (Phi) is 8.98. The van der Waals surface area contributed by atoms with E-state index in [0.717, 1.165) is 48.3 Å². The molecule has 1 atom stereocenters. The molecular formula is C25H34N6O3. The minimum absolute atomic E-state index is 0.0879. The van der Waals surface area contributed by atoms with Crippen LogP contribution in [0.2, 0.25) is 0 Å². The molecule has 1 unspecified atom stereocenters. The quantitative estimate of drug-likeness (QED) is 0.391. The summed E-state index contributed by atoms with van der Waals surface area (Å²) in [7, 11) is 0. The van der Waals surface area contributed by atoms with Gasteiger partial charge in [-0.15, -0.1) is 0 Å². The number of nitrogen functional groups attached to an aromatic ring is 1. The van der Waals surface area contributed by atoms with Crippen molar-refractivity contribution in [1.82, 2.24) is 25.8 Å². The van der Waals surface area contributed by atoms with E-state index in [1.165, 1.54) is 0 Å². The number of rotatable bonds is 11. The Morgan fingerprint density at radius 2 is 1.85 bits per heavy atom. The lowest BCUT2D eigenvalue weighted by atomic mass is 9.98. The maximum absolute atomic E-state index is 12.4. The van der Waals surface area contributed by atoms with Crippen molar-refractivity contribution in [2.24, 2.45) is 5.92 Å². The Morgan fingerprint density at radius 3 is 2.56 bits per heavy atom. The summed E-state index contributed by atoms with van der Waals surface area (Å²) in [5.74, 6) is 0.301. The van der Waals surface area contributed by atoms with Crippen LogP contribution in [0.4, 0.5) is 5.82 Å². The number of carbonyl (C=O) groups excluding carboxylic acids is 3. The molecular weight excluding hydrogens is 432 g/mol. The Morgan fingerprint density at radius 1 is 1.09 bits per heavy atom. The molecule has 182 valence electrons. The van der Waals surface area contributed by atoms with E-state index in [4.69, 9.17) is 5.73 Å². The molecule has 1 fully saturated rings. The molecule has 1 aromatic heterocycles. The van der Waals surface area contributed by atoms with E-state index < -0.39 is 0 Å². The summed E-state index contributed by atoms with van der Waals surface area (Å²) in [6.45, 7) is 6.62. The summed E-state index contributed by atoms with van der Waals surface area (Å²) in [5, 5.41) is 8.51. The van der Waals surface area contributed by atoms with Crippen LogP contribution in [0.15, 0.2) is 36.4 Å². The third-order valence-electron chi connectivity index (χ3n) is 5.82. The average Bonchev–Trinajstić information content (AvgIpc) is 2.76. The van der Waals surface area contributed by atoms with Crippen molar-refractivity contribution in [3.8, 4) is 0 Å². The van der Waals surface area contributed by atoms with Gasteiger partial charge in [-0.05, 0) is 61.6 Å². The highest BCUT2D eigenvalue weighted by Crippen LogP contribution is 2.16. The number of nitrogens with one attached hydrogen (secondary N) is 3. The van der Waals surface area contributed by atoms with Gasteiger partial charge in [-0.1, -0.05) is 25.1 Å². The lowest BCUT2D eigenvalue weighted by Gasteiger charge is -2.31. The van der Waals surface area contributed by atoms with E-state index >= 15 is 0 Å². The largest absolute Gasteiger partial charge is 0.384 e. The number of amides is 3. The summed E-state index contributed by atoms with van der Waals surface area (Å²) < 4.78 is 0. The molecule has 2 aromatic rings. The lowest BCUT2D eigenvalue weighted by molar-refractivity contribution is -0.125. The highest BCUT2D eigenvalue weighted by molar-refractivity contribution is 5.94. The van der Waals surface area contributed by atoms with E-state index in [9.17, 15) is 14.4 Å². The van der Waals surface area contributed by atoms with Gasteiger partial charge in [0.25, 0.3) is 5.91 Å². The number of benzene rings is 1. The number of nitrogens with two attached hydrogens (primary N) is 1. The lowest BCUT2D eigenvalue weighted by Crippen LogP contribution is -2.42. The van der Waals surface area contributed by atoms with Crippen molar-refractivity contribution in [2.75, 3.05) is 38.5 Å². The predicted molar refractivity (Wildman–Crippen MR) is 131 cm³/mol. The topological polar surface area (TPSA) is 129 Å². The van der Waals surface area contributed by atoms with E-state index in [0.29, 0.717) is 18.9 Å².